The summed E-state index contributed by atoms with van der Waals surface area (Å²) in [6.07, 6.45) is 0. The van der Waals surface area contributed by atoms with Gasteiger partial charge in [-0.2, -0.15) is 0 Å². The smallest absolute Gasteiger partial charge is 0.240 e. The first-order valence-electron chi connectivity index (χ1n) is 9.03. The van der Waals surface area contributed by atoms with Crippen LogP contribution in [0.25, 0.3) is 0 Å². The highest BCUT2D eigenvalue weighted by molar-refractivity contribution is 7.89. The first kappa shape index (κ1) is 19.0. The molecule has 2 aromatic carbocycles. The molecule has 0 unspecified atom stereocenters. The lowest BCUT2D eigenvalue weighted by atomic mass is 10.1. The van der Waals surface area contributed by atoms with E-state index in [1.807, 2.05) is 18.2 Å². The number of halogens is 1. The average molecular weight is 408 g/mol. The van der Waals surface area contributed by atoms with Crippen LogP contribution in [0.2, 0.25) is 0 Å². The Morgan fingerprint density at radius 3 is 2.64 bits per heavy atom. The molecule has 0 radical (unpaired) electrons. The third-order valence-corrected chi connectivity index (χ3v) is 6.13. The van der Waals surface area contributed by atoms with Gasteiger partial charge in [0.1, 0.15) is 25.6 Å². The van der Waals surface area contributed by atoms with Crippen LogP contribution in [-0.2, 0) is 10.0 Å². The molecule has 7 nitrogen and oxygen atoms in total. The largest absolute Gasteiger partial charge is 0.488 e. The maximum absolute atomic E-state index is 13.0. The van der Waals surface area contributed by atoms with Crippen molar-refractivity contribution in [3.05, 3.63) is 48.3 Å². The molecular formula is C19H21FN2O5S. The monoisotopic (exact) mass is 408 g/mol. The third kappa shape index (κ3) is 4.21. The Bertz CT molecular complexity index is 930. The Labute approximate surface area is 163 Å². The van der Waals surface area contributed by atoms with E-state index in [1.54, 1.807) is 0 Å². The molecule has 0 saturated carbocycles. The maximum atomic E-state index is 13.0. The molecule has 0 aromatic heterocycles. The Morgan fingerprint density at radius 2 is 1.86 bits per heavy atom. The van der Waals surface area contributed by atoms with Crippen LogP contribution >= 0.6 is 0 Å². The summed E-state index contributed by atoms with van der Waals surface area (Å²) in [7, 11) is -3.64. The zero-order valence-electron chi connectivity index (χ0n) is 15.1. The van der Waals surface area contributed by atoms with Crippen LogP contribution in [-0.4, -0.2) is 58.8 Å². The second-order valence-electron chi connectivity index (χ2n) is 6.66. The van der Waals surface area contributed by atoms with Crippen molar-refractivity contribution in [2.75, 3.05) is 39.5 Å². The second kappa shape index (κ2) is 7.94. The minimum atomic E-state index is -3.64. The topological polar surface area (TPSA) is 77.1 Å². The van der Waals surface area contributed by atoms with Gasteiger partial charge in [-0.05, 0) is 36.4 Å². The minimum absolute atomic E-state index is 0.0618. The Hall–Kier alpha value is -2.36. The number of ether oxygens (including phenoxy) is 3. The summed E-state index contributed by atoms with van der Waals surface area (Å²) in [5, 5.41) is 0. The second-order valence-corrected chi connectivity index (χ2v) is 8.37. The molecule has 150 valence electrons. The molecule has 1 saturated heterocycles. The number of fused-ring (bicyclic) bond motifs is 1. The summed E-state index contributed by atoms with van der Waals surface area (Å²) >= 11 is 0. The Balaban J connectivity index is 1.23. The lowest BCUT2D eigenvalue weighted by Crippen LogP contribution is -2.59. The highest BCUT2D eigenvalue weighted by Gasteiger charge is 2.30. The van der Waals surface area contributed by atoms with Crippen molar-refractivity contribution < 1.29 is 27.0 Å². The zero-order valence-corrected chi connectivity index (χ0v) is 16.0. The fraction of sp³-hybridized carbons (Fsp3) is 0.368. The highest BCUT2D eigenvalue weighted by Crippen LogP contribution is 2.38. The summed E-state index contributed by atoms with van der Waals surface area (Å²) in [6, 6.07) is 10.1. The van der Waals surface area contributed by atoms with Gasteiger partial charge in [0, 0.05) is 25.7 Å². The van der Waals surface area contributed by atoms with Gasteiger partial charge >= 0.3 is 0 Å². The van der Waals surface area contributed by atoms with Crippen LogP contribution in [0.15, 0.2) is 47.4 Å². The lowest BCUT2D eigenvalue weighted by Gasteiger charge is -2.39. The fourth-order valence-corrected chi connectivity index (χ4v) is 4.39. The molecule has 0 aliphatic carbocycles. The predicted molar refractivity (Wildman–Crippen MR) is 99.9 cm³/mol. The molecule has 2 aliphatic heterocycles. The van der Waals surface area contributed by atoms with E-state index in [-0.39, 0.29) is 10.9 Å². The quantitative estimate of drug-likeness (QED) is 0.751. The number of rotatable bonds is 7. The molecule has 0 spiro atoms. The molecule has 0 atom stereocenters. The van der Waals surface area contributed by atoms with Gasteiger partial charge in [-0.25, -0.2) is 17.5 Å². The molecule has 0 bridgehead atoms. The van der Waals surface area contributed by atoms with Gasteiger partial charge in [-0.15, -0.1) is 0 Å². The van der Waals surface area contributed by atoms with Crippen LogP contribution in [0, 0.1) is 5.82 Å². The van der Waals surface area contributed by atoms with Gasteiger partial charge in [0.15, 0.2) is 11.5 Å². The summed E-state index contributed by atoms with van der Waals surface area (Å²) in [6.45, 7) is 3.33. The molecule has 2 aliphatic rings. The van der Waals surface area contributed by atoms with Crippen molar-refractivity contribution in [3.8, 4) is 17.2 Å². The highest BCUT2D eigenvalue weighted by atomic mass is 32.2. The van der Waals surface area contributed by atoms with Crippen LogP contribution < -0.4 is 18.9 Å². The van der Waals surface area contributed by atoms with Crippen molar-refractivity contribution in [2.24, 2.45) is 0 Å². The molecule has 1 N–H and O–H groups in total. The molecule has 2 heterocycles. The van der Waals surface area contributed by atoms with Gasteiger partial charge in [0.2, 0.25) is 15.8 Å². The molecule has 9 heteroatoms. The Kier molecular flexibility index (Phi) is 5.38. The first-order chi connectivity index (χ1) is 13.5. The normalized spacial score (nSPS) is 17.2. The van der Waals surface area contributed by atoms with Crippen LogP contribution in [0.3, 0.4) is 0 Å². The summed E-state index contributed by atoms with van der Waals surface area (Å²) in [5.41, 5.74) is 0. The van der Waals surface area contributed by atoms with E-state index in [4.69, 9.17) is 14.2 Å². The SMILES string of the molecule is O=S(=O)(NC1CN(CCOc2cccc3c2OCCO3)C1)c1ccc(F)cc1. The van der Waals surface area contributed by atoms with E-state index in [2.05, 4.69) is 9.62 Å². The summed E-state index contributed by atoms with van der Waals surface area (Å²) in [4.78, 5) is 2.15. The standard InChI is InChI=1S/C19H21FN2O5S/c20-14-4-6-16(7-5-14)28(23,24)21-15-12-22(13-15)8-9-25-17-2-1-3-18-19(17)27-11-10-26-18/h1-7,15,21H,8-13H2. The number of sulfonamides is 1. The minimum Gasteiger partial charge on any atom is -0.488 e. The summed E-state index contributed by atoms with van der Waals surface area (Å²) < 4.78 is 57.1. The van der Waals surface area contributed by atoms with Crippen molar-refractivity contribution >= 4 is 10.0 Å². The van der Waals surface area contributed by atoms with Crippen molar-refractivity contribution in [3.63, 3.8) is 0 Å². The van der Waals surface area contributed by atoms with E-state index in [1.165, 1.54) is 12.1 Å². The molecule has 2 aromatic rings. The number of benzene rings is 2. The van der Waals surface area contributed by atoms with Crippen LogP contribution in [0.4, 0.5) is 4.39 Å². The van der Waals surface area contributed by atoms with E-state index in [0.717, 1.165) is 12.1 Å². The number of hydrogen-bond donors (Lipinski definition) is 1. The van der Waals surface area contributed by atoms with Crippen molar-refractivity contribution in [1.29, 1.82) is 0 Å². The number of nitrogens with one attached hydrogen (secondary N) is 1. The van der Waals surface area contributed by atoms with E-state index >= 15 is 0 Å². The third-order valence-electron chi connectivity index (χ3n) is 4.60. The van der Waals surface area contributed by atoms with Crippen molar-refractivity contribution in [1.82, 2.24) is 9.62 Å². The average Bonchev–Trinajstić information content (AvgIpc) is 2.66. The van der Waals surface area contributed by atoms with E-state index in [0.29, 0.717) is 56.7 Å². The van der Waals surface area contributed by atoms with Gasteiger partial charge < -0.3 is 14.2 Å². The van der Waals surface area contributed by atoms with Gasteiger partial charge in [0.05, 0.1) is 4.90 Å². The molecule has 0 amide bonds. The molecular weight excluding hydrogens is 387 g/mol. The molecule has 4 rings (SSSR count). The fourth-order valence-electron chi connectivity index (χ4n) is 3.17. The van der Waals surface area contributed by atoms with E-state index < -0.39 is 15.8 Å². The molecule has 28 heavy (non-hydrogen) atoms. The molecule has 1 fully saturated rings. The number of likely N-dealkylation sites (tertiary alicyclic amines) is 1. The summed E-state index contributed by atoms with van der Waals surface area (Å²) in [5.74, 6) is 1.49. The van der Waals surface area contributed by atoms with E-state index in [9.17, 15) is 12.8 Å². The zero-order chi connectivity index (χ0) is 19.6. The van der Waals surface area contributed by atoms with Gasteiger partial charge in [-0.1, -0.05) is 6.07 Å². The first-order valence-corrected chi connectivity index (χ1v) is 10.5. The van der Waals surface area contributed by atoms with Crippen LogP contribution in [0.5, 0.6) is 17.2 Å². The number of para-hydroxylation sites is 1. The number of hydrogen-bond acceptors (Lipinski definition) is 6. The predicted octanol–water partition coefficient (Wildman–Crippen LogP) is 1.64. The lowest BCUT2D eigenvalue weighted by molar-refractivity contribution is 0.112. The van der Waals surface area contributed by atoms with Gasteiger partial charge in [-0.3, -0.25) is 4.90 Å². The van der Waals surface area contributed by atoms with Gasteiger partial charge in [0.25, 0.3) is 0 Å². The Morgan fingerprint density at radius 1 is 1.11 bits per heavy atom. The van der Waals surface area contributed by atoms with Crippen molar-refractivity contribution in [2.45, 2.75) is 10.9 Å². The van der Waals surface area contributed by atoms with Crippen LogP contribution in [0.1, 0.15) is 0 Å². The maximum Gasteiger partial charge on any atom is 0.240 e. The number of nitrogens with zero attached hydrogens (tertiary/aromatic N) is 1.